The summed E-state index contributed by atoms with van der Waals surface area (Å²) in [6.07, 6.45) is 0. The summed E-state index contributed by atoms with van der Waals surface area (Å²) in [5, 5.41) is 7.17. The second-order valence-electron chi connectivity index (χ2n) is 37.0. The van der Waals surface area contributed by atoms with Gasteiger partial charge in [0.25, 0.3) is 0 Å². The maximum atomic E-state index is 6.42. The van der Waals surface area contributed by atoms with Crippen molar-refractivity contribution in [3.05, 3.63) is 464 Å². The fourth-order valence-electron chi connectivity index (χ4n) is 21.1. The second-order valence-corrected chi connectivity index (χ2v) is 37.0. The lowest BCUT2D eigenvalue weighted by atomic mass is 9.82. The van der Waals surface area contributed by atoms with Crippen molar-refractivity contribution in [3.8, 4) is 125 Å². The molecule has 3 aliphatic carbocycles. The Bertz CT molecular complexity index is 8340. The highest BCUT2D eigenvalue weighted by Gasteiger charge is 2.40. The van der Waals surface area contributed by atoms with Crippen LogP contribution in [0.3, 0.4) is 0 Å². The number of nitrogens with zero attached hydrogens (tertiary/aromatic N) is 3. The highest BCUT2D eigenvalue weighted by Crippen LogP contribution is 2.59. The zero-order valence-electron chi connectivity index (χ0n) is 75.2. The maximum absolute atomic E-state index is 6.42. The predicted molar refractivity (Wildman–Crippen MR) is 549 cm³/mol. The minimum atomic E-state index is -0.134. The van der Waals surface area contributed by atoms with Crippen molar-refractivity contribution in [2.45, 2.75) is 57.8 Å². The average Bonchev–Trinajstić information content (AvgIpc) is 1.57. The first-order valence-electron chi connectivity index (χ1n) is 46.1. The number of fused-ring (bicyclic) bond motifs is 21. The molecule has 20 aromatic carbocycles. The molecule has 0 N–H and O–H groups in total. The van der Waals surface area contributed by atoms with E-state index in [-0.39, 0.29) is 16.2 Å². The Morgan fingerprint density at radius 3 is 0.889 bits per heavy atom. The molecule has 0 amide bonds. The predicted octanol–water partition coefficient (Wildman–Crippen LogP) is 35.6. The fourth-order valence-corrected chi connectivity index (χ4v) is 21.1. The molecule has 21 aromatic rings. The van der Waals surface area contributed by atoms with Crippen molar-refractivity contribution >= 4 is 94.7 Å². The normalized spacial score (nSPS) is 13.6. The SMILES string of the molecule is CC1(C)c2ccccc2-c2ccc(N(c3cc(-c4ccccc4)cc(-c4ccccc4)c3)c3ccc4c(c3)Oc3ccccc3O4)cc21.CC1(C)c2ccccc2-c2ccc(N(c3ccc4c(c3)Oc3ccccc3O4)c3ccc4c(c3)oc3ccccc34)cc21.CC1(C)c2ccccc2-c2ccc(N(c3ccc4c(c3)Oc3ccccc3O4)c3ccc4c(ccc5ccccc54)c3)cc21. The van der Waals surface area contributed by atoms with E-state index in [1.807, 2.05) is 103 Å². The molecule has 0 fully saturated rings. The lowest BCUT2D eigenvalue weighted by molar-refractivity contribution is 0.360. The number of anilines is 9. The van der Waals surface area contributed by atoms with Crippen LogP contribution in [-0.4, -0.2) is 0 Å². The van der Waals surface area contributed by atoms with Crippen LogP contribution in [0.1, 0.15) is 74.9 Å². The topological polar surface area (TPSA) is 78.2 Å². The molecule has 10 nitrogen and oxygen atoms in total. The minimum Gasteiger partial charge on any atom is -0.456 e. The summed E-state index contributed by atoms with van der Waals surface area (Å²) in [6, 6.07) is 151. The van der Waals surface area contributed by atoms with Crippen LogP contribution in [0, 0.1) is 0 Å². The zero-order valence-corrected chi connectivity index (χ0v) is 75.2. The van der Waals surface area contributed by atoms with Crippen LogP contribution in [0.25, 0.3) is 99.1 Å². The van der Waals surface area contributed by atoms with E-state index in [0.29, 0.717) is 46.0 Å². The first-order chi connectivity index (χ1) is 66.1. The molecule has 0 atom stereocenters. The van der Waals surface area contributed by atoms with Gasteiger partial charge in [-0.1, -0.05) is 290 Å². The number of rotatable bonds is 11. The third-order valence-corrected chi connectivity index (χ3v) is 27.9. The molecule has 646 valence electrons. The van der Waals surface area contributed by atoms with Crippen molar-refractivity contribution in [2.75, 3.05) is 14.7 Å². The summed E-state index contributed by atoms with van der Waals surface area (Å²) >= 11 is 0. The molecule has 0 spiro atoms. The first-order valence-corrected chi connectivity index (χ1v) is 46.1. The number of ether oxygens (including phenoxy) is 6. The maximum Gasteiger partial charge on any atom is 0.172 e. The van der Waals surface area contributed by atoms with Crippen molar-refractivity contribution in [1.29, 1.82) is 0 Å². The molecule has 27 rings (SSSR count). The van der Waals surface area contributed by atoms with E-state index in [1.54, 1.807) is 0 Å². The fraction of sp³-hybridized carbons (Fsp3) is 0.0720. The van der Waals surface area contributed by atoms with Crippen LogP contribution in [0.5, 0.6) is 69.0 Å². The lowest BCUT2D eigenvalue weighted by Crippen LogP contribution is -2.16. The van der Waals surface area contributed by atoms with Crippen LogP contribution < -0.4 is 43.1 Å². The van der Waals surface area contributed by atoms with Gasteiger partial charge in [0.05, 0.1) is 17.1 Å². The Labute approximate surface area is 783 Å². The molecule has 0 saturated heterocycles. The first kappa shape index (κ1) is 80.0. The average molecular weight is 1750 g/mol. The number of hydrogen-bond acceptors (Lipinski definition) is 10. The Kier molecular flexibility index (Phi) is 18.7. The summed E-state index contributed by atoms with van der Waals surface area (Å²) in [7, 11) is 0. The van der Waals surface area contributed by atoms with Crippen LogP contribution in [0.15, 0.2) is 435 Å². The molecule has 0 unspecified atom stereocenters. The van der Waals surface area contributed by atoms with E-state index in [2.05, 4.69) is 384 Å². The summed E-state index contributed by atoms with van der Waals surface area (Å²) < 4.78 is 44.1. The Hall–Kier alpha value is -17.1. The van der Waals surface area contributed by atoms with Gasteiger partial charge in [0, 0.05) is 85.4 Å². The van der Waals surface area contributed by atoms with Crippen molar-refractivity contribution in [2.24, 2.45) is 0 Å². The van der Waals surface area contributed by atoms with Gasteiger partial charge in [0.2, 0.25) is 0 Å². The van der Waals surface area contributed by atoms with Crippen molar-refractivity contribution in [3.63, 3.8) is 0 Å². The van der Waals surface area contributed by atoms with Crippen molar-refractivity contribution < 1.29 is 32.8 Å². The van der Waals surface area contributed by atoms with Gasteiger partial charge in [0.15, 0.2) is 69.0 Å². The largest absolute Gasteiger partial charge is 0.456 e. The van der Waals surface area contributed by atoms with Gasteiger partial charge in [-0.3, -0.25) is 0 Å². The van der Waals surface area contributed by atoms with E-state index in [0.717, 1.165) is 107 Å². The number of furan rings is 1. The molecule has 0 saturated carbocycles. The third-order valence-electron chi connectivity index (χ3n) is 27.9. The Morgan fingerprint density at radius 2 is 0.452 bits per heavy atom. The summed E-state index contributed by atoms with van der Waals surface area (Å²) in [5.74, 6) is 8.48. The highest BCUT2D eigenvalue weighted by atomic mass is 16.6. The van der Waals surface area contributed by atoms with E-state index in [9.17, 15) is 0 Å². The molecule has 6 aliphatic rings. The molecule has 4 heterocycles. The zero-order chi connectivity index (χ0) is 90.4. The molecular formula is C125H89N3O7. The number of para-hydroxylation sites is 7. The molecule has 10 heteroatoms. The molecule has 135 heavy (non-hydrogen) atoms. The molecule has 1 aromatic heterocycles. The standard InChI is InChI=1S/C45H33NO2.C41H29NO2.C39H27NO3/c1-45(2)39-18-10-9-17-37(39)38-23-21-34(28-40(38)45)46(35-22-24-43-44(29-35)48-42-20-12-11-19-41(42)47-43)36-26-32(30-13-5-3-6-14-30)25-33(27-36)31-15-7-4-8-16-31;1-41(2)35-12-6-5-11-33(35)34-21-18-29(24-36(34)41)42(28-17-20-32-27(23-28)16-15-26-9-3-4-10-31(26)32)30-19-22-39-40(25-30)44-38-14-8-7-13-37(38)43-39;1-39(2)31-11-5-3-9-27(31)28-18-15-24(21-32(28)39)40(25-16-19-30-29-10-4-6-12-33(29)41-37(30)22-25)26-17-20-36-38(23-26)43-35-14-8-7-13-34(35)42-36/h3-29H,1-2H3;3-25H,1-2H3;3-23H,1-2H3. The number of benzene rings is 20. The van der Waals surface area contributed by atoms with Gasteiger partial charge in [-0.15, -0.1) is 0 Å². The highest BCUT2D eigenvalue weighted by molar-refractivity contribution is 6.09. The van der Waals surface area contributed by atoms with Crippen LogP contribution in [-0.2, 0) is 16.2 Å². The third kappa shape index (κ3) is 13.7. The van der Waals surface area contributed by atoms with E-state index in [1.165, 1.54) is 99.4 Å². The summed E-state index contributed by atoms with van der Waals surface area (Å²) in [5.41, 5.74) is 31.2. The van der Waals surface area contributed by atoms with E-state index >= 15 is 0 Å². The van der Waals surface area contributed by atoms with Crippen molar-refractivity contribution in [1.82, 2.24) is 0 Å². The molecule has 0 radical (unpaired) electrons. The van der Waals surface area contributed by atoms with Gasteiger partial charge in [-0.05, 0) is 268 Å². The van der Waals surface area contributed by atoms with Gasteiger partial charge in [-0.25, -0.2) is 0 Å². The Balaban J connectivity index is 0.000000108. The summed E-state index contributed by atoms with van der Waals surface area (Å²) in [4.78, 5) is 6.95. The molecular weight excluding hydrogens is 1660 g/mol. The van der Waals surface area contributed by atoms with Crippen LogP contribution >= 0.6 is 0 Å². The Morgan fingerprint density at radius 1 is 0.163 bits per heavy atom. The van der Waals surface area contributed by atoms with Crippen LogP contribution in [0.4, 0.5) is 51.2 Å². The molecule has 0 bridgehead atoms. The monoisotopic (exact) mass is 1740 g/mol. The lowest BCUT2D eigenvalue weighted by Gasteiger charge is -2.30. The molecule has 3 aliphatic heterocycles. The van der Waals surface area contributed by atoms with E-state index in [4.69, 9.17) is 32.8 Å². The quantitative estimate of drug-likeness (QED) is 0.117. The summed E-state index contributed by atoms with van der Waals surface area (Å²) in [6.45, 7) is 13.9. The van der Waals surface area contributed by atoms with Gasteiger partial charge in [0.1, 0.15) is 11.2 Å². The minimum absolute atomic E-state index is 0.105. The second kappa shape index (κ2) is 31.6. The van der Waals surface area contributed by atoms with E-state index < -0.39 is 0 Å². The van der Waals surface area contributed by atoms with Gasteiger partial charge >= 0.3 is 0 Å². The van der Waals surface area contributed by atoms with Crippen LogP contribution in [0.2, 0.25) is 0 Å². The van der Waals surface area contributed by atoms with Gasteiger partial charge in [-0.2, -0.15) is 0 Å². The van der Waals surface area contributed by atoms with Gasteiger partial charge < -0.3 is 47.5 Å². The number of hydrogen-bond donors (Lipinski definition) is 0. The smallest absolute Gasteiger partial charge is 0.172 e.